The number of rotatable bonds is 2. The fourth-order valence-corrected chi connectivity index (χ4v) is 2.31. The number of carbonyl (C=O) groups is 1. The lowest BCUT2D eigenvalue weighted by Crippen LogP contribution is -2.24. The van der Waals surface area contributed by atoms with Crippen LogP contribution in [-0.2, 0) is 6.42 Å². The lowest BCUT2D eigenvalue weighted by molar-refractivity contribution is 0.103. The Hall–Kier alpha value is -2.03. The average molecular weight is 242 g/mol. The molecule has 0 saturated heterocycles. The smallest absolute Gasteiger partial charge is 0.196 e. The summed E-state index contributed by atoms with van der Waals surface area (Å²) >= 11 is 0. The Kier molecular flexibility index (Phi) is 2.30. The van der Waals surface area contributed by atoms with E-state index >= 15 is 0 Å². The minimum atomic E-state index is -0.181. The number of fused-ring (bicyclic) bond motifs is 1. The van der Waals surface area contributed by atoms with Crippen molar-refractivity contribution in [3.05, 3.63) is 53.5 Å². The minimum Gasteiger partial charge on any atom is -0.487 e. The van der Waals surface area contributed by atoms with E-state index in [4.69, 9.17) is 9.15 Å². The minimum absolute atomic E-state index is 0.0174. The van der Waals surface area contributed by atoms with Gasteiger partial charge in [0.2, 0.25) is 0 Å². The lowest BCUT2D eigenvalue weighted by atomic mass is 9.98. The number of furan rings is 1. The van der Waals surface area contributed by atoms with Crippen molar-refractivity contribution in [2.24, 2.45) is 0 Å². The van der Waals surface area contributed by atoms with Crippen molar-refractivity contribution < 1.29 is 13.9 Å². The largest absolute Gasteiger partial charge is 0.487 e. The van der Waals surface area contributed by atoms with Gasteiger partial charge in [0.25, 0.3) is 0 Å². The Balaban J connectivity index is 1.95. The maximum absolute atomic E-state index is 12.2. The highest BCUT2D eigenvalue weighted by molar-refractivity contribution is 6.08. The third-order valence-corrected chi connectivity index (χ3v) is 3.11. The van der Waals surface area contributed by atoms with Crippen LogP contribution in [0.2, 0.25) is 0 Å². The molecule has 0 bridgehead atoms. The quantitative estimate of drug-likeness (QED) is 0.759. The van der Waals surface area contributed by atoms with Gasteiger partial charge < -0.3 is 9.15 Å². The highest BCUT2D eigenvalue weighted by Gasteiger charge is 2.30. The molecule has 2 heterocycles. The summed E-state index contributed by atoms with van der Waals surface area (Å²) in [6.45, 7) is 4.09. The zero-order valence-corrected chi connectivity index (χ0v) is 10.4. The number of hydrogen-bond acceptors (Lipinski definition) is 3. The average Bonchev–Trinajstić information content (AvgIpc) is 2.91. The van der Waals surface area contributed by atoms with E-state index in [-0.39, 0.29) is 11.4 Å². The van der Waals surface area contributed by atoms with Crippen LogP contribution < -0.4 is 4.74 Å². The van der Waals surface area contributed by atoms with E-state index in [9.17, 15) is 4.79 Å². The zero-order chi connectivity index (χ0) is 12.8. The first-order valence-corrected chi connectivity index (χ1v) is 5.94. The van der Waals surface area contributed by atoms with Crippen LogP contribution in [0.1, 0.15) is 35.3 Å². The molecule has 0 unspecified atom stereocenters. The SMILES string of the molecule is CC1(C)Cc2cc(C(=O)c3ccoc3)ccc2O1. The third-order valence-electron chi connectivity index (χ3n) is 3.11. The van der Waals surface area contributed by atoms with Crippen molar-refractivity contribution in [3.8, 4) is 5.75 Å². The molecule has 0 amide bonds. The molecule has 0 N–H and O–H groups in total. The molecule has 1 aromatic carbocycles. The molecule has 1 aromatic heterocycles. The molecule has 0 radical (unpaired) electrons. The molecule has 1 aliphatic rings. The van der Waals surface area contributed by atoms with Gasteiger partial charge in [-0.15, -0.1) is 0 Å². The molecule has 3 nitrogen and oxygen atoms in total. The number of carbonyl (C=O) groups excluding carboxylic acids is 1. The van der Waals surface area contributed by atoms with Crippen molar-refractivity contribution in [2.45, 2.75) is 25.9 Å². The molecular formula is C15H14O3. The van der Waals surface area contributed by atoms with Gasteiger partial charge in [0.15, 0.2) is 5.78 Å². The summed E-state index contributed by atoms with van der Waals surface area (Å²) in [6.07, 6.45) is 3.80. The van der Waals surface area contributed by atoms with Gasteiger partial charge in [0.05, 0.1) is 11.8 Å². The van der Waals surface area contributed by atoms with E-state index in [0.29, 0.717) is 11.1 Å². The second-order valence-electron chi connectivity index (χ2n) is 5.20. The number of hydrogen-bond donors (Lipinski definition) is 0. The predicted molar refractivity (Wildman–Crippen MR) is 67.0 cm³/mol. The van der Waals surface area contributed by atoms with E-state index < -0.39 is 0 Å². The van der Waals surface area contributed by atoms with Gasteiger partial charge in [-0.05, 0) is 43.7 Å². The van der Waals surface area contributed by atoms with E-state index in [1.807, 2.05) is 26.0 Å². The Morgan fingerprint density at radius 1 is 1.22 bits per heavy atom. The summed E-state index contributed by atoms with van der Waals surface area (Å²) in [5.74, 6) is 0.861. The second-order valence-corrected chi connectivity index (χ2v) is 5.20. The number of benzene rings is 1. The molecule has 0 spiro atoms. The first-order chi connectivity index (χ1) is 8.55. The van der Waals surface area contributed by atoms with Crippen LogP contribution in [0.3, 0.4) is 0 Å². The van der Waals surface area contributed by atoms with E-state index in [0.717, 1.165) is 17.7 Å². The highest BCUT2D eigenvalue weighted by Crippen LogP contribution is 2.35. The van der Waals surface area contributed by atoms with Crippen LogP contribution in [0.25, 0.3) is 0 Å². The lowest BCUT2D eigenvalue weighted by Gasteiger charge is -2.16. The Morgan fingerprint density at radius 3 is 2.78 bits per heavy atom. The van der Waals surface area contributed by atoms with Crippen molar-refractivity contribution in [2.75, 3.05) is 0 Å². The van der Waals surface area contributed by atoms with Crippen LogP contribution in [-0.4, -0.2) is 11.4 Å². The van der Waals surface area contributed by atoms with E-state index in [1.165, 1.54) is 12.5 Å². The summed E-state index contributed by atoms with van der Waals surface area (Å²) in [5, 5.41) is 0. The van der Waals surface area contributed by atoms with Crippen molar-refractivity contribution >= 4 is 5.78 Å². The first-order valence-electron chi connectivity index (χ1n) is 5.94. The van der Waals surface area contributed by atoms with Gasteiger partial charge in [-0.3, -0.25) is 4.79 Å². The van der Waals surface area contributed by atoms with Crippen LogP contribution in [0, 0.1) is 0 Å². The summed E-state index contributed by atoms with van der Waals surface area (Å²) < 4.78 is 10.7. The number of ether oxygens (including phenoxy) is 1. The first kappa shape index (κ1) is 11.1. The highest BCUT2D eigenvalue weighted by atomic mass is 16.5. The van der Waals surface area contributed by atoms with Gasteiger partial charge in [0, 0.05) is 12.0 Å². The van der Waals surface area contributed by atoms with Crippen molar-refractivity contribution in [3.63, 3.8) is 0 Å². The molecular weight excluding hydrogens is 228 g/mol. The van der Waals surface area contributed by atoms with Gasteiger partial charge in [-0.25, -0.2) is 0 Å². The Morgan fingerprint density at radius 2 is 2.06 bits per heavy atom. The van der Waals surface area contributed by atoms with Gasteiger partial charge >= 0.3 is 0 Å². The molecule has 3 heteroatoms. The Labute approximate surface area is 105 Å². The summed E-state index contributed by atoms with van der Waals surface area (Å²) in [5.41, 5.74) is 2.17. The standard InChI is InChI=1S/C15H14O3/c1-15(2)8-12-7-10(3-4-13(12)18-15)14(16)11-5-6-17-9-11/h3-7,9H,8H2,1-2H3. The van der Waals surface area contributed by atoms with E-state index in [1.54, 1.807) is 12.1 Å². The van der Waals surface area contributed by atoms with Crippen LogP contribution in [0.5, 0.6) is 5.75 Å². The monoisotopic (exact) mass is 242 g/mol. The molecule has 3 rings (SSSR count). The predicted octanol–water partition coefficient (Wildman–Crippen LogP) is 3.22. The molecule has 92 valence electrons. The molecule has 18 heavy (non-hydrogen) atoms. The van der Waals surface area contributed by atoms with Crippen LogP contribution in [0.15, 0.2) is 41.2 Å². The summed E-state index contributed by atoms with van der Waals surface area (Å²) in [7, 11) is 0. The molecule has 0 saturated carbocycles. The second kappa shape index (κ2) is 3.73. The molecule has 1 aliphatic heterocycles. The van der Waals surface area contributed by atoms with Crippen molar-refractivity contribution in [1.29, 1.82) is 0 Å². The number of ketones is 1. The van der Waals surface area contributed by atoms with Gasteiger partial charge in [-0.1, -0.05) is 0 Å². The normalized spacial score (nSPS) is 16.1. The van der Waals surface area contributed by atoms with Crippen molar-refractivity contribution in [1.82, 2.24) is 0 Å². The Bertz CT molecular complexity index is 594. The molecule has 0 aliphatic carbocycles. The maximum Gasteiger partial charge on any atom is 0.196 e. The molecule has 0 fully saturated rings. The zero-order valence-electron chi connectivity index (χ0n) is 10.4. The summed E-state index contributed by atoms with van der Waals surface area (Å²) in [4.78, 5) is 12.2. The van der Waals surface area contributed by atoms with Crippen LogP contribution >= 0.6 is 0 Å². The van der Waals surface area contributed by atoms with Gasteiger partial charge in [0.1, 0.15) is 17.6 Å². The fourth-order valence-electron chi connectivity index (χ4n) is 2.31. The van der Waals surface area contributed by atoms with Crippen LogP contribution in [0.4, 0.5) is 0 Å². The van der Waals surface area contributed by atoms with E-state index in [2.05, 4.69) is 0 Å². The molecule has 0 atom stereocenters. The maximum atomic E-state index is 12.2. The molecule has 2 aromatic rings. The topological polar surface area (TPSA) is 39.4 Å². The summed E-state index contributed by atoms with van der Waals surface area (Å²) in [6, 6.07) is 7.27. The fraction of sp³-hybridized carbons (Fsp3) is 0.267. The van der Waals surface area contributed by atoms with Gasteiger partial charge in [-0.2, -0.15) is 0 Å². The third kappa shape index (κ3) is 1.82.